The van der Waals surface area contributed by atoms with Gasteiger partial charge in [-0.3, -0.25) is 14.4 Å². The molecule has 4 rings (SSSR count). The number of hydrogen-bond donors (Lipinski definition) is 4. The molecule has 1 aromatic heterocycles. The maximum absolute atomic E-state index is 13.5. The molecule has 0 radical (unpaired) electrons. The van der Waals surface area contributed by atoms with E-state index in [1.54, 1.807) is 25.1 Å². The van der Waals surface area contributed by atoms with Gasteiger partial charge in [0.15, 0.2) is 0 Å². The number of ether oxygens (including phenoxy) is 2. The first-order valence-electron chi connectivity index (χ1n) is 13.8. The minimum Gasteiger partial charge on any atom is -0.481 e. The second-order valence-corrected chi connectivity index (χ2v) is 10.2. The minimum absolute atomic E-state index is 0.111. The van der Waals surface area contributed by atoms with Gasteiger partial charge in [-0.05, 0) is 50.3 Å². The smallest absolute Gasteiger partial charge is 0.409 e. The fraction of sp³-hybridized carbons (Fsp3) is 0.500. The van der Waals surface area contributed by atoms with E-state index in [4.69, 9.17) is 9.47 Å². The van der Waals surface area contributed by atoms with Crippen molar-refractivity contribution in [2.45, 2.75) is 57.3 Å². The van der Waals surface area contributed by atoms with Crippen molar-refractivity contribution in [2.24, 2.45) is 0 Å². The number of piperazine rings is 1. The van der Waals surface area contributed by atoms with E-state index in [9.17, 15) is 39.3 Å². The zero-order chi connectivity index (χ0) is 30.4. The Bertz CT molecular complexity index is 1370. The van der Waals surface area contributed by atoms with Gasteiger partial charge in [0.1, 0.15) is 17.5 Å². The summed E-state index contributed by atoms with van der Waals surface area (Å²) in [7, 11) is 0. The molecule has 1 aliphatic heterocycles. The third-order valence-corrected chi connectivity index (χ3v) is 7.48. The normalized spacial score (nSPS) is 16.7. The first-order chi connectivity index (χ1) is 20.1. The van der Waals surface area contributed by atoms with Gasteiger partial charge < -0.3 is 39.9 Å². The second kappa shape index (κ2) is 13.0. The van der Waals surface area contributed by atoms with Crippen molar-refractivity contribution >= 4 is 40.7 Å². The first-order valence-corrected chi connectivity index (χ1v) is 13.8. The molecule has 3 amide bonds. The predicted octanol–water partition coefficient (Wildman–Crippen LogP) is 1.38. The number of carbonyl (C=O) groups excluding carboxylic acids is 3. The number of fused-ring (bicyclic) bond motifs is 1. The molecule has 226 valence electrons. The van der Waals surface area contributed by atoms with Gasteiger partial charge in [0.25, 0.3) is 5.91 Å². The van der Waals surface area contributed by atoms with Crippen molar-refractivity contribution in [1.82, 2.24) is 20.1 Å². The molecule has 42 heavy (non-hydrogen) atoms. The van der Waals surface area contributed by atoms with Gasteiger partial charge in [0.2, 0.25) is 11.5 Å². The standard InChI is InChI=1S/C28H34N4O10/c1-2-41-27(40)32-12-10-31(11-13-32)25(37)19(6-7-23(34)35)30-24(36)21-15-22(42-28(26(38)39)8-3-9-28)18-5-4-17(16-33)14-20(18)29-21/h4-5,14-15,19,33H,2-3,6-13,16H2,1H3,(H,30,36)(H,34,35)(H,38,39). The number of benzene rings is 1. The van der Waals surface area contributed by atoms with Crippen molar-refractivity contribution in [3.8, 4) is 5.75 Å². The maximum atomic E-state index is 13.5. The Balaban J connectivity index is 1.58. The van der Waals surface area contributed by atoms with E-state index in [2.05, 4.69) is 10.3 Å². The summed E-state index contributed by atoms with van der Waals surface area (Å²) in [4.78, 5) is 69.5. The van der Waals surface area contributed by atoms with Crippen LogP contribution in [0, 0.1) is 0 Å². The molecule has 1 saturated carbocycles. The lowest BCUT2D eigenvalue weighted by Gasteiger charge is -2.38. The molecule has 1 atom stereocenters. The van der Waals surface area contributed by atoms with Gasteiger partial charge >= 0.3 is 18.0 Å². The summed E-state index contributed by atoms with van der Waals surface area (Å²) < 4.78 is 11.0. The van der Waals surface area contributed by atoms with E-state index < -0.39 is 41.5 Å². The van der Waals surface area contributed by atoms with E-state index in [1.807, 2.05) is 0 Å². The Labute approximate surface area is 241 Å². The summed E-state index contributed by atoms with van der Waals surface area (Å²) in [5, 5.41) is 31.7. The molecule has 14 nitrogen and oxygen atoms in total. The summed E-state index contributed by atoms with van der Waals surface area (Å²) in [5.41, 5.74) is -0.838. The highest BCUT2D eigenvalue weighted by atomic mass is 16.6. The molecule has 1 aliphatic carbocycles. The number of aromatic nitrogens is 1. The second-order valence-electron chi connectivity index (χ2n) is 10.2. The number of pyridine rings is 1. The quantitative estimate of drug-likeness (QED) is 0.297. The molecule has 2 aliphatic rings. The zero-order valence-electron chi connectivity index (χ0n) is 23.2. The van der Waals surface area contributed by atoms with E-state index in [1.165, 1.54) is 15.9 Å². The van der Waals surface area contributed by atoms with Crippen LogP contribution in [0.4, 0.5) is 4.79 Å². The number of rotatable bonds is 11. The van der Waals surface area contributed by atoms with Crippen LogP contribution in [0.15, 0.2) is 24.3 Å². The van der Waals surface area contributed by atoms with E-state index >= 15 is 0 Å². The van der Waals surface area contributed by atoms with Gasteiger partial charge in [0.05, 0.1) is 18.7 Å². The molecule has 1 unspecified atom stereocenters. The Kier molecular flexibility index (Phi) is 9.45. The van der Waals surface area contributed by atoms with Crippen LogP contribution in [0.25, 0.3) is 10.9 Å². The monoisotopic (exact) mass is 586 g/mol. The highest BCUT2D eigenvalue weighted by Crippen LogP contribution is 2.39. The topological polar surface area (TPSA) is 196 Å². The molecule has 1 aromatic carbocycles. The SMILES string of the molecule is CCOC(=O)N1CCN(C(=O)C(CCC(=O)O)NC(=O)c2cc(OC3(C(=O)O)CCC3)c3ccc(CO)cc3n2)CC1. The molecule has 14 heteroatoms. The minimum atomic E-state index is -1.44. The van der Waals surface area contributed by atoms with Crippen LogP contribution in [-0.4, -0.2) is 104 Å². The number of carboxylic acid groups (broad SMARTS) is 2. The predicted molar refractivity (Wildman–Crippen MR) is 146 cm³/mol. The number of hydrogen-bond acceptors (Lipinski definition) is 9. The Morgan fingerprint density at radius 1 is 1.05 bits per heavy atom. The summed E-state index contributed by atoms with van der Waals surface area (Å²) >= 11 is 0. The molecule has 2 heterocycles. The van der Waals surface area contributed by atoms with Crippen molar-refractivity contribution in [3.63, 3.8) is 0 Å². The average molecular weight is 587 g/mol. The third kappa shape index (κ3) is 6.70. The fourth-order valence-electron chi connectivity index (χ4n) is 4.91. The van der Waals surface area contributed by atoms with Crippen LogP contribution in [0.1, 0.15) is 55.1 Å². The lowest BCUT2D eigenvalue weighted by molar-refractivity contribution is -0.163. The van der Waals surface area contributed by atoms with Crippen molar-refractivity contribution in [3.05, 3.63) is 35.5 Å². The van der Waals surface area contributed by atoms with Gasteiger partial charge in [-0.15, -0.1) is 0 Å². The Hall–Kier alpha value is -4.46. The summed E-state index contributed by atoms with van der Waals surface area (Å²) in [6.07, 6.45) is 0.177. The number of nitrogens with one attached hydrogen (secondary N) is 1. The maximum Gasteiger partial charge on any atom is 0.409 e. The lowest BCUT2D eigenvalue weighted by Crippen LogP contribution is -2.56. The Morgan fingerprint density at radius 2 is 1.74 bits per heavy atom. The number of amides is 3. The Morgan fingerprint density at radius 3 is 2.31 bits per heavy atom. The first kappa shape index (κ1) is 30.5. The molecule has 1 saturated heterocycles. The molecule has 0 bridgehead atoms. The highest BCUT2D eigenvalue weighted by molar-refractivity contribution is 5.99. The lowest BCUT2D eigenvalue weighted by atomic mass is 9.80. The van der Waals surface area contributed by atoms with E-state index in [-0.39, 0.29) is 82.0 Å². The molecular formula is C28H34N4O10. The molecule has 0 spiro atoms. The van der Waals surface area contributed by atoms with Crippen LogP contribution in [0.5, 0.6) is 5.75 Å². The van der Waals surface area contributed by atoms with Gasteiger partial charge in [0, 0.05) is 44.1 Å². The highest BCUT2D eigenvalue weighted by Gasteiger charge is 2.47. The van der Waals surface area contributed by atoms with Gasteiger partial charge in [-0.1, -0.05) is 6.07 Å². The van der Waals surface area contributed by atoms with E-state index in [0.717, 1.165) is 0 Å². The number of aliphatic hydroxyl groups excluding tert-OH is 1. The van der Waals surface area contributed by atoms with Crippen LogP contribution in [-0.2, 0) is 25.7 Å². The molecule has 2 fully saturated rings. The molecular weight excluding hydrogens is 552 g/mol. The molecule has 4 N–H and O–H groups in total. The summed E-state index contributed by atoms with van der Waals surface area (Å²) in [6.45, 7) is 2.39. The van der Waals surface area contributed by atoms with Crippen LogP contribution in [0.3, 0.4) is 0 Å². The van der Waals surface area contributed by atoms with Gasteiger partial charge in [-0.25, -0.2) is 14.6 Å². The summed E-state index contributed by atoms with van der Waals surface area (Å²) in [5.74, 6) is -3.46. The van der Waals surface area contributed by atoms with Crippen molar-refractivity contribution in [2.75, 3.05) is 32.8 Å². The van der Waals surface area contributed by atoms with Crippen molar-refractivity contribution < 1.29 is 48.8 Å². The van der Waals surface area contributed by atoms with Crippen LogP contribution < -0.4 is 10.1 Å². The third-order valence-electron chi connectivity index (χ3n) is 7.48. The molecule has 2 aromatic rings. The summed E-state index contributed by atoms with van der Waals surface area (Å²) in [6, 6.07) is 4.89. The number of carbonyl (C=O) groups is 5. The largest absolute Gasteiger partial charge is 0.481 e. The van der Waals surface area contributed by atoms with Crippen LogP contribution in [0.2, 0.25) is 0 Å². The number of aliphatic carboxylic acids is 2. The fourth-order valence-corrected chi connectivity index (χ4v) is 4.91. The van der Waals surface area contributed by atoms with Crippen molar-refractivity contribution in [1.29, 1.82) is 0 Å². The zero-order valence-corrected chi connectivity index (χ0v) is 23.2. The van der Waals surface area contributed by atoms with E-state index in [0.29, 0.717) is 17.4 Å². The average Bonchev–Trinajstić information content (AvgIpc) is 2.95. The number of aliphatic hydroxyl groups is 1. The number of nitrogens with zero attached hydrogens (tertiary/aromatic N) is 3. The van der Waals surface area contributed by atoms with Gasteiger partial charge in [-0.2, -0.15) is 0 Å². The van der Waals surface area contributed by atoms with Crippen LogP contribution >= 0.6 is 0 Å². The number of carboxylic acids is 2.